The maximum absolute atomic E-state index is 9.37. The van der Waals surface area contributed by atoms with Gasteiger partial charge in [0.25, 0.3) is 0 Å². The van der Waals surface area contributed by atoms with E-state index < -0.39 is 0 Å². The molecule has 2 aromatic carbocycles. The molecule has 0 atom stereocenters. The lowest BCUT2D eigenvalue weighted by molar-refractivity contribution is 0.475. The Hall–Kier alpha value is -3.94. The lowest BCUT2D eigenvalue weighted by atomic mass is 10.0. The molecule has 0 radical (unpaired) electrons. The van der Waals surface area contributed by atoms with Gasteiger partial charge in [0.1, 0.15) is 11.4 Å². The first-order valence-electron chi connectivity index (χ1n) is 8.23. The third kappa shape index (κ3) is 3.28. The van der Waals surface area contributed by atoms with Crippen LogP contribution < -0.4 is 17.2 Å². The number of phenols is 1. The van der Waals surface area contributed by atoms with Crippen LogP contribution in [0.2, 0.25) is 0 Å². The van der Waals surface area contributed by atoms with Crippen molar-refractivity contribution in [3.63, 3.8) is 0 Å². The number of phenolic OH excluding ortho intramolecular Hbond substituents is 1. The Morgan fingerprint density at radius 1 is 0.704 bits per heavy atom. The molecule has 2 aromatic heterocycles. The third-order valence-corrected chi connectivity index (χ3v) is 4.17. The molecule has 0 fully saturated rings. The fourth-order valence-corrected chi connectivity index (χ4v) is 2.84. The van der Waals surface area contributed by atoms with Crippen LogP contribution in [0.25, 0.3) is 22.4 Å². The second-order valence-electron chi connectivity index (χ2n) is 6.14. The van der Waals surface area contributed by atoms with Crippen molar-refractivity contribution < 1.29 is 5.11 Å². The second kappa shape index (κ2) is 6.41. The molecule has 4 rings (SSSR count). The van der Waals surface area contributed by atoms with Gasteiger partial charge in [0, 0.05) is 5.56 Å². The van der Waals surface area contributed by atoms with E-state index in [4.69, 9.17) is 17.2 Å². The summed E-state index contributed by atoms with van der Waals surface area (Å²) in [5.41, 5.74) is 21.7. The molecule has 2 heterocycles. The molecule has 0 spiro atoms. The number of hydrogen-bond acceptors (Lipinski definition) is 8. The maximum Gasteiger partial charge on any atom is 0.224 e. The number of aromatic hydroxyl groups is 1. The van der Waals surface area contributed by atoms with E-state index in [1.165, 1.54) is 0 Å². The molecule has 27 heavy (non-hydrogen) atoms. The Morgan fingerprint density at radius 3 is 2.00 bits per heavy atom. The van der Waals surface area contributed by atoms with Gasteiger partial charge in [0.15, 0.2) is 22.8 Å². The number of rotatable bonds is 3. The normalized spacial score (nSPS) is 11.0. The predicted molar refractivity (Wildman–Crippen MR) is 105 cm³/mol. The van der Waals surface area contributed by atoms with Crippen LogP contribution in [0.5, 0.6) is 5.75 Å². The zero-order valence-electron chi connectivity index (χ0n) is 14.3. The summed E-state index contributed by atoms with van der Waals surface area (Å²) in [6, 6.07) is 15.0. The van der Waals surface area contributed by atoms with Gasteiger partial charge in [-0.15, -0.1) is 0 Å². The minimum atomic E-state index is 0.0278. The van der Waals surface area contributed by atoms with E-state index in [1.807, 2.05) is 36.4 Å². The molecular formula is C19H17N7O. The first-order chi connectivity index (χ1) is 13.0. The molecule has 7 N–H and O–H groups in total. The van der Waals surface area contributed by atoms with Gasteiger partial charge in [-0.2, -0.15) is 9.97 Å². The average Bonchev–Trinajstić information content (AvgIpc) is 2.64. The Bertz CT molecular complexity index is 1130. The molecule has 134 valence electrons. The smallest absolute Gasteiger partial charge is 0.224 e. The fourth-order valence-electron chi connectivity index (χ4n) is 2.84. The van der Waals surface area contributed by atoms with Crippen LogP contribution in [0.3, 0.4) is 0 Å². The van der Waals surface area contributed by atoms with Crippen LogP contribution in [-0.4, -0.2) is 25.0 Å². The molecule has 0 amide bonds. The van der Waals surface area contributed by atoms with Gasteiger partial charge in [-0.05, 0) is 29.7 Å². The molecule has 4 aromatic rings. The van der Waals surface area contributed by atoms with Crippen LogP contribution in [-0.2, 0) is 6.42 Å². The van der Waals surface area contributed by atoms with Crippen molar-refractivity contribution in [2.45, 2.75) is 6.42 Å². The van der Waals surface area contributed by atoms with E-state index in [2.05, 4.69) is 19.9 Å². The van der Waals surface area contributed by atoms with Crippen LogP contribution in [0.15, 0.2) is 48.5 Å². The van der Waals surface area contributed by atoms with Crippen LogP contribution in [0.1, 0.15) is 11.1 Å². The van der Waals surface area contributed by atoms with E-state index in [0.29, 0.717) is 11.2 Å². The lowest BCUT2D eigenvalue weighted by Gasteiger charge is -2.09. The number of nitrogens with zero attached hydrogens (tertiary/aromatic N) is 4. The highest BCUT2D eigenvalue weighted by atomic mass is 16.3. The number of hydrogen-bond donors (Lipinski definition) is 4. The Labute approximate surface area is 154 Å². The summed E-state index contributed by atoms with van der Waals surface area (Å²) >= 11 is 0. The molecule has 8 nitrogen and oxygen atoms in total. The van der Waals surface area contributed by atoms with Crippen LogP contribution in [0.4, 0.5) is 17.6 Å². The fraction of sp³-hybridized carbons (Fsp3) is 0.0526. The highest BCUT2D eigenvalue weighted by Gasteiger charge is 2.13. The molecule has 0 saturated carbocycles. The largest absolute Gasteiger partial charge is 0.508 e. The Balaban J connectivity index is 1.67. The number of nitrogens with two attached hydrogens (primary N) is 3. The average molecular weight is 359 g/mol. The van der Waals surface area contributed by atoms with Crippen LogP contribution in [0, 0.1) is 0 Å². The third-order valence-electron chi connectivity index (χ3n) is 4.17. The van der Waals surface area contributed by atoms with Crippen molar-refractivity contribution in [2.75, 3.05) is 17.2 Å². The quantitative estimate of drug-likeness (QED) is 0.434. The molecular weight excluding hydrogens is 342 g/mol. The minimum Gasteiger partial charge on any atom is -0.508 e. The van der Waals surface area contributed by atoms with Gasteiger partial charge in [-0.3, -0.25) is 0 Å². The van der Waals surface area contributed by atoms with Crippen molar-refractivity contribution in [3.05, 3.63) is 59.7 Å². The molecule has 0 aliphatic rings. The number of fused-ring (bicyclic) bond motifs is 1. The predicted octanol–water partition coefficient (Wildman–Crippen LogP) is 2.13. The Kier molecular flexibility index (Phi) is 3.92. The van der Waals surface area contributed by atoms with Gasteiger partial charge in [-0.1, -0.05) is 36.4 Å². The van der Waals surface area contributed by atoms with Crippen molar-refractivity contribution >= 4 is 28.7 Å². The van der Waals surface area contributed by atoms with Gasteiger partial charge in [-0.25, -0.2) is 9.97 Å². The Morgan fingerprint density at radius 2 is 1.33 bits per heavy atom. The summed E-state index contributed by atoms with van der Waals surface area (Å²) in [6.45, 7) is 0. The maximum atomic E-state index is 9.37. The minimum absolute atomic E-state index is 0.0278. The highest BCUT2D eigenvalue weighted by molar-refractivity contribution is 5.87. The molecule has 0 aliphatic carbocycles. The van der Waals surface area contributed by atoms with Gasteiger partial charge >= 0.3 is 0 Å². The first-order valence-corrected chi connectivity index (χ1v) is 8.23. The van der Waals surface area contributed by atoms with Crippen molar-refractivity contribution in [3.8, 4) is 17.0 Å². The summed E-state index contributed by atoms with van der Waals surface area (Å²) < 4.78 is 0. The zero-order valence-corrected chi connectivity index (χ0v) is 14.3. The van der Waals surface area contributed by atoms with Gasteiger partial charge in [0.05, 0.1) is 0 Å². The van der Waals surface area contributed by atoms with E-state index >= 15 is 0 Å². The number of anilines is 3. The van der Waals surface area contributed by atoms with E-state index in [1.54, 1.807) is 12.1 Å². The number of nitrogen functional groups attached to an aromatic ring is 3. The molecule has 0 saturated heterocycles. The standard InChI is InChI=1S/C19H17N7O/c20-16-14(23-15-17(21)25-19(22)26-18(15)24-16)12-5-1-10(2-6-12)9-11-3-7-13(27)8-4-11/h1-8,27H,9H2,(H6,20,21,22,24,25,26). The SMILES string of the molecule is Nc1nc(N)c2nc(-c3ccc(Cc4ccc(O)cc4)cc3)c(N)nc2n1. The molecule has 8 heteroatoms. The summed E-state index contributed by atoms with van der Waals surface area (Å²) in [5, 5.41) is 9.37. The van der Waals surface area contributed by atoms with E-state index in [9.17, 15) is 5.11 Å². The summed E-state index contributed by atoms with van der Waals surface area (Å²) in [5.74, 6) is 0.686. The number of benzene rings is 2. The highest BCUT2D eigenvalue weighted by Crippen LogP contribution is 2.27. The summed E-state index contributed by atoms with van der Waals surface area (Å²) in [7, 11) is 0. The zero-order chi connectivity index (χ0) is 19.0. The topological polar surface area (TPSA) is 150 Å². The van der Waals surface area contributed by atoms with E-state index in [-0.39, 0.29) is 29.0 Å². The van der Waals surface area contributed by atoms with E-state index in [0.717, 1.165) is 23.1 Å². The number of aromatic nitrogens is 4. The lowest BCUT2D eigenvalue weighted by Crippen LogP contribution is -2.06. The van der Waals surface area contributed by atoms with Gasteiger partial charge < -0.3 is 22.3 Å². The summed E-state index contributed by atoms with van der Waals surface area (Å²) in [6.07, 6.45) is 0.750. The first kappa shape index (κ1) is 16.5. The van der Waals surface area contributed by atoms with Crippen molar-refractivity contribution in [1.82, 2.24) is 19.9 Å². The van der Waals surface area contributed by atoms with Gasteiger partial charge in [0.2, 0.25) is 5.95 Å². The second-order valence-corrected chi connectivity index (χ2v) is 6.14. The summed E-state index contributed by atoms with van der Waals surface area (Å²) in [4.78, 5) is 16.7. The molecule has 0 unspecified atom stereocenters. The monoisotopic (exact) mass is 359 g/mol. The van der Waals surface area contributed by atoms with Crippen molar-refractivity contribution in [2.24, 2.45) is 0 Å². The molecule has 0 aliphatic heterocycles. The van der Waals surface area contributed by atoms with Crippen molar-refractivity contribution in [1.29, 1.82) is 0 Å². The van der Waals surface area contributed by atoms with Crippen LogP contribution >= 0.6 is 0 Å². The molecule has 0 bridgehead atoms.